The molecule has 3 atom stereocenters. The van der Waals surface area contributed by atoms with Crippen molar-refractivity contribution >= 4 is 23.4 Å². The molecule has 0 radical (unpaired) electrons. The zero-order valence-corrected chi connectivity index (χ0v) is 17.8. The second-order valence-corrected chi connectivity index (χ2v) is 8.15. The maximum Gasteiger partial charge on any atom is 0.260 e. The SMILES string of the molecule is C=CCNC(=O)[C@@H]1CC(=O)N(c2ccc(OCC(=O)N3[C@H](C)CCC[C@@H]3C)cc2)C1. The molecule has 0 saturated carbocycles. The first-order chi connectivity index (χ1) is 14.4. The third-order valence-electron chi connectivity index (χ3n) is 5.91. The summed E-state index contributed by atoms with van der Waals surface area (Å²) < 4.78 is 5.70. The molecule has 30 heavy (non-hydrogen) atoms. The number of benzene rings is 1. The molecule has 2 fully saturated rings. The quantitative estimate of drug-likeness (QED) is 0.697. The summed E-state index contributed by atoms with van der Waals surface area (Å²) >= 11 is 0. The van der Waals surface area contributed by atoms with Crippen molar-refractivity contribution in [2.45, 2.75) is 51.6 Å². The third kappa shape index (κ3) is 5.01. The summed E-state index contributed by atoms with van der Waals surface area (Å²) in [6.45, 7) is 8.49. The first kappa shape index (κ1) is 21.9. The zero-order valence-electron chi connectivity index (χ0n) is 17.8. The maximum absolute atomic E-state index is 12.6. The Bertz CT molecular complexity index is 782. The van der Waals surface area contributed by atoms with E-state index >= 15 is 0 Å². The van der Waals surface area contributed by atoms with Gasteiger partial charge in [-0.25, -0.2) is 0 Å². The third-order valence-corrected chi connectivity index (χ3v) is 5.91. The summed E-state index contributed by atoms with van der Waals surface area (Å²) in [5, 5.41) is 2.74. The molecule has 0 aromatic heterocycles. The molecule has 7 nitrogen and oxygen atoms in total. The molecule has 2 aliphatic rings. The van der Waals surface area contributed by atoms with Crippen LogP contribution in [0.25, 0.3) is 0 Å². The van der Waals surface area contributed by atoms with Crippen molar-refractivity contribution in [1.29, 1.82) is 0 Å². The number of carbonyl (C=O) groups is 3. The first-order valence-electron chi connectivity index (χ1n) is 10.6. The number of carbonyl (C=O) groups excluding carboxylic acids is 3. The number of piperidine rings is 1. The van der Waals surface area contributed by atoms with E-state index in [9.17, 15) is 14.4 Å². The molecule has 2 heterocycles. The Labute approximate surface area is 178 Å². The summed E-state index contributed by atoms with van der Waals surface area (Å²) in [4.78, 5) is 40.6. The van der Waals surface area contributed by atoms with E-state index in [1.165, 1.54) is 0 Å². The number of rotatable bonds is 7. The van der Waals surface area contributed by atoms with Gasteiger partial charge in [0.1, 0.15) is 5.75 Å². The Morgan fingerprint density at radius 3 is 2.50 bits per heavy atom. The summed E-state index contributed by atoms with van der Waals surface area (Å²) in [5.74, 6) is 0.00814. The lowest BCUT2D eigenvalue weighted by atomic mass is 9.97. The highest BCUT2D eigenvalue weighted by Gasteiger charge is 2.35. The Hall–Kier alpha value is -2.83. The van der Waals surface area contributed by atoms with Crippen LogP contribution in [0.2, 0.25) is 0 Å². The molecular weight excluding hydrogens is 382 g/mol. The fourth-order valence-corrected chi connectivity index (χ4v) is 4.30. The van der Waals surface area contributed by atoms with E-state index in [2.05, 4.69) is 25.7 Å². The van der Waals surface area contributed by atoms with Gasteiger partial charge in [0.15, 0.2) is 6.61 Å². The number of nitrogens with zero attached hydrogens (tertiary/aromatic N) is 2. The molecule has 162 valence electrons. The van der Waals surface area contributed by atoms with Crippen molar-refractivity contribution in [2.24, 2.45) is 5.92 Å². The van der Waals surface area contributed by atoms with E-state index in [1.807, 2.05) is 4.90 Å². The number of nitrogens with one attached hydrogen (secondary N) is 1. The predicted molar refractivity (Wildman–Crippen MR) is 115 cm³/mol. The standard InChI is InChI=1S/C23H31N3O4/c1-4-12-24-23(29)18-13-21(27)25(14-18)19-8-10-20(11-9-19)30-15-22(28)26-16(2)6-5-7-17(26)3/h4,8-11,16-18H,1,5-7,12-15H2,2-3H3,(H,24,29)/t16-,17+,18-/m1/s1. The van der Waals surface area contributed by atoms with Crippen molar-refractivity contribution < 1.29 is 19.1 Å². The molecule has 3 amide bonds. The number of hydrogen-bond acceptors (Lipinski definition) is 4. The molecule has 7 heteroatoms. The first-order valence-corrected chi connectivity index (χ1v) is 10.6. The molecule has 0 unspecified atom stereocenters. The highest BCUT2D eigenvalue weighted by Crippen LogP contribution is 2.27. The van der Waals surface area contributed by atoms with E-state index in [-0.39, 0.29) is 48.8 Å². The molecular formula is C23H31N3O4. The second-order valence-electron chi connectivity index (χ2n) is 8.15. The molecule has 2 aliphatic heterocycles. The molecule has 1 aromatic carbocycles. The van der Waals surface area contributed by atoms with Gasteiger partial charge >= 0.3 is 0 Å². The molecule has 1 N–H and O–H groups in total. The van der Waals surface area contributed by atoms with Gasteiger partial charge in [-0.05, 0) is 57.4 Å². The van der Waals surface area contributed by atoms with Gasteiger partial charge in [0, 0.05) is 37.3 Å². The number of hydrogen-bond donors (Lipinski definition) is 1. The molecule has 0 spiro atoms. The molecule has 0 bridgehead atoms. The average Bonchev–Trinajstić information content (AvgIpc) is 3.12. The van der Waals surface area contributed by atoms with Crippen molar-refractivity contribution in [3.8, 4) is 5.75 Å². The van der Waals surface area contributed by atoms with Gasteiger partial charge in [0.2, 0.25) is 11.8 Å². The summed E-state index contributed by atoms with van der Waals surface area (Å²) in [6.07, 6.45) is 5.02. The van der Waals surface area contributed by atoms with Crippen LogP contribution in [0, 0.1) is 5.92 Å². The summed E-state index contributed by atoms with van der Waals surface area (Å²) in [6, 6.07) is 7.56. The number of ether oxygens (including phenoxy) is 1. The van der Waals surface area contributed by atoms with Gasteiger partial charge in [-0.15, -0.1) is 6.58 Å². The highest BCUT2D eigenvalue weighted by atomic mass is 16.5. The van der Waals surface area contributed by atoms with Crippen molar-refractivity contribution in [2.75, 3.05) is 24.6 Å². The largest absolute Gasteiger partial charge is 0.484 e. The molecule has 1 aromatic rings. The van der Waals surface area contributed by atoms with E-state index < -0.39 is 0 Å². The number of likely N-dealkylation sites (tertiary alicyclic amines) is 1. The maximum atomic E-state index is 12.6. The monoisotopic (exact) mass is 413 g/mol. The van der Waals surface area contributed by atoms with Crippen LogP contribution in [-0.2, 0) is 14.4 Å². The van der Waals surface area contributed by atoms with Crippen LogP contribution >= 0.6 is 0 Å². The van der Waals surface area contributed by atoms with Crippen LogP contribution in [0.15, 0.2) is 36.9 Å². The van der Waals surface area contributed by atoms with Crippen molar-refractivity contribution in [3.05, 3.63) is 36.9 Å². The van der Waals surface area contributed by atoms with Gasteiger partial charge in [0.05, 0.1) is 5.92 Å². The Morgan fingerprint density at radius 2 is 1.87 bits per heavy atom. The summed E-state index contributed by atoms with van der Waals surface area (Å²) in [5.41, 5.74) is 0.718. The minimum Gasteiger partial charge on any atom is -0.484 e. The van der Waals surface area contributed by atoms with Gasteiger partial charge in [-0.3, -0.25) is 14.4 Å². The van der Waals surface area contributed by atoms with Crippen LogP contribution in [0.4, 0.5) is 5.69 Å². The zero-order chi connectivity index (χ0) is 21.7. The van der Waals surface area contributed by atoms with Gasteiger partial charge < -0.3 is 19.9 Å². The van der Waals surface area contributed by atoms with Gasteiger partial charge in [-0.2, -0.15) is 0 Å². The molecule has 3 rings (SSSR count). The highest BCUT2D eigenvalue weighted by molar-refractivity contribution is 6.00. The lowest BCUT2D eigenvalue weighted by molar-refractivity contribution is -0.139. The molecule has 2 saturated heterocycles. The van der Waals surface area contributed by atoms with Crippen LogP contribution in [0.1, 0.15) is 39.5 Å². The number of anilines is 1. The second kappa shape index (κ2) is 9.78. The van der Waals surface area contributed by atoms with E-state index in [4.69, 9.17) is 4.74 Å². The Kier molecular flexibility index (Phi) is 7.13. The minimum atomic E-state index is -0.362. The van der Waals surface area contributed by atoms with E-state index in [1.54, 1.807) is 35.2 Å². The predicted octanol–water partition coefficient (Wildman–Crippen LogP) is 2.51. The number of amides is 3. The smallest absolute Gasteiger partial charge is 0.260 e. The van der Waals surface area contributed by atoms with Crippen LogP contribution < -0.4 is 15.0 Å². The van der Waals surface area contributed by atoms with E-state index in [0.717, 1.165) is 24.9 Å². The van der Waals surface area contributed by atoms with Crippen LogP contribution in [-0.4, -0.2) is 54.4 Å². The Balaban J connectivity index is 1.55. The minimum absolute atomic E-state index is 0.00174. The normalized spacial score (nSPS) is 23.9. The van der Waals surface area contributed by atoms with Crippen molar-refractivity contribution in [3.63, 3.8) is 0 Å². The molecule has 0 aliphatic carbocycles. The fourth-order valence-electron chi connectivity index (χ4n) is 4.30. The average molecular weight is 414 g/mol. The van der Waals surface area contributed by atoms with Gasteiger partial charge in [-0.1, -0.05) is 6.08 Å². The lowest BCUT2D eigenvalue weighted by Crippen LogP contribution is -2.49. The van der Waals surface area contributed by atoms with Crippen LogP contribution in [0.5, 0.6) is 5.75 Å². The van der Waals surface area contributed by atoms with Crippen LogP contribution in [0.3, 0.4) is 0 Å². The van der Waals surface area contributed by atoms with Crippen molar-refractivity contribution in [1.82, 2.24) is 10.2 Å². The van der Waals surface area contributed by atoms with E-state index in [0.29, 0.717) is 18.8 Å². The lowest BCUT2D eigenvalue weighted by Gasteiger charge is -2.38. The fraction of sp³-hybridized carbons (Fsp3) is 0.522. The van der Waals surface area contributed by atoms with Gasteiger partial charge in [0.25, 0.3) is 5.91 Å². The Morgan fingerprint density at radius 1 is 1.20 bits per heavy atom. The topological polar surface area (TPSA) is 79.0 Å². The summed E-state index contributed by atoms with van der Waals surface area (Å²) in [7, 11) is 0.